The Kier molecular flexibility index (Phi) is 3.63. The topological polar surface area (TPSA) is 64.9 Å². The molecule has 1 aliphatic rings. The predicted octanol–water partition coefficient (Wildman–Crippen LogP) is 1.69. The van der Waals surface area contributed by atoms with Gasteiger partial charge in [-0.3, -0.25) is 4.79 Å². The molecule has 4 heteroatoms. The van der Waals surface area contributed by atoms with Crippen LogP contribution < -0.4 is 10.6 Å². The average Bonchev–Trinajstić information content (AvgIpc) is 2.80. The van der Waals surface area contributed by atoms with Crippen LogP contribution in [0.1, 0.15) is 18.9 Å². The molecule has 2 N–H and O–H groups in total. The fraction of sp³-hybridized carbons (Fsp3) is 0.429. The minimum Gasteiger partial charge on any atom is -0.326 e. The van der Waals surface area contributed by atoms with Gasteiger partial charge in [-0.15, -0.1) is 0 Å². The van der Waals surface area contributed by atoms with Crippen molar-refractivity contribution in [3.63, 3.8) is 0 Å². The van der Waals surface area contributed by atoms with Crippen molar-refractivity contribution in [2.24, 2.45) is 5.41 Å². The highest BCUT2D eigenvalue weighted by atomic mass is 16.2. The van der Waals surface area contributed by atoms with Crippen LogP contribution >= 0.6 is 0 Å². The summed E-state index contributed by atoms with van der Waals surface area (Å²) in [6.07, 6.45) is 1.27. The number of nitrogens with one attached hydrogen (secondary N) is 2. The first-order valence-corrected chi connectivity index (χ1v) is 6.12. The van der Waals surface area contributed by atoms with Gasteiger partial charge in [-0.2, -0.15) is 5.26 Å². The second-order valence-corrected chi connectivity index (χ2v) is 4.97. The van der Waals surface area contributed by atoms with Gasteiger partial charge in [0, 0.05) is 12.2 Å². The quantitative estimate of drug-likeness (QED) is 0.849. The SMILES string of the molecule is CC1(C(=O)Nc2ccc(CC#N)cc2)CCNC1. The lowest BCUT2D eigenvalue weighted by Gasteiger charge is -2.21. The largest absolute Gasteiger partial charge is 0.326 e. The summed E-state index contributed by atoms with van der Waals surface area (Å²) in [5.41, 5.74) is 1.43. The van der Waals surface area contributed by atoms with Gasteiger partial charge in [0.25, 0.3) is 0 Å². The Balaban J connectivity index is 2.01. The summed E-state index contributed by atoms with van der Waals surface area (Å²) in [4.78, 5) is 12.1. The standard InChI is InChI=1S/C14H17N3O/c1-14(7-9-16-10-14)13(18)17-12-4-2-11(3-5-12)6-8-15/h2-5,16H,6-7,9-10H2,1H3,(H,17,18). The van der Waals surface area contributed by atoms with Gasteiger partial charge in [-0.25, -0.2) is 0 Å². The van der Waals surface area contributed by atoms with E-state index in [1.54, 1.807) is 0 Å². The van der Waals surface area contributed by atoms with E-state index in [4.69, 9.17) is 5.26 Å². The molecule has 1 unspecified atom stereocenters. The predicted molar refractivity (Wildman–Crippen MR) is 70.0 cm³/mol. The summed E-state index contributed by atoms with van der Waals surface area (Å²) in [6, 6.07) is 9.52. The molecule has 0 saturated carbocycles. The van der Waals surface area contributed by atoms with Gasteiger partial charge in [0.2, 0.25) is 5.91 Å². The van der Waals surface area contributed by atoms with Gasteiger partial charge in [-0.1, -0.05) is 12.1 Å². The van der Waals surface area contributed by atoms with E-state index in [2.05, 4.69) is 16.7 Å². The van der Waals surface area contributed by atoms with E-state index in [0.29, 0.717) is 6.42 Å². The van der Waals surface area contributed by atoms with Gasteiger partial charge in [0.1, 0.15) is 0 Å². The van der Waals surface area contributed by atoms with Crippen LogP contribution in [-0.2, 0) is 11.2 Å². The molecule has 0 spiro atoms. The lowest BCUT2D eigenvalue weighted by atomic mass is 9.89. The minimum atomic E-state index is -0.314. The number of carbonyl (C=O) groups excluding carboxylic acids is 1. The zero-order valence-corrected chi connectivity index (χ0v) is 10.5. The lowest BCUT2D eigenvalue weighted by Crippen LogP contribution is -2.35. The summed E-state index contributed by atoms with van der Waals surface area (Å²) in [5.74, 6) is 0.0560. The third-order valence-corrected chi connectivity index (χ3v) is 3.41. The highest BCUT2D eigenvalue weighted by Gasteiger charge is 2.36. The van der Waals surface area contributed by atoms with Crippen molar-refractivity contribution in [1.82, 2.24) is 5.32 Å². The van der Waals surface area contributed by atoms with Gasteiger partial charge in [0.15, 0.2) is 0 Å². The second kappa shape index (κ2) is 5.19. The Hall–Kier alpha value is -1.86. The number of hydrogen-bond acceptors (Lipinski definition) is 3. The number of carbonyl (C=O) groups is 1. The first-order valence-electron chi connectivity index (χ1n) is 6.12. The highest BCUT2D eigenvalue weighted by Crippen LogP contribution is 2.26. The van der Waals surface area contributed by atoms with Crippen molar-refractivity contribution >= 4 is 11.6 Å². The Morgan fingerprint density at radius 3 is 2.78 bits per heavy atom. The van der Waals surface area contributed by atoms with Crippen LogP contribution in [0.4, 0.5) is 5.69 Å². The Morgan fingerprint density at radius 2 is 2.22 bits per heavy atom. The molecule has 1 aliphatic heterocycles. The molecule has 1 fully saturated rings. The van der Waals surface area contributed by atoms with E-state index in [9.17, 15) is 4.79 Å². The molecule has 1 aromatic rings. The van der Waals surface area contributed by atoms with Crippen LogP contribution in [0.25, 0.3) is 0 Å². The van der Waals surface area contributed by atoms with Crippen molar-refractivity contribution in [2.75, 3.05) is 18.4 Å². The number of nitriles is 1. The van der Waals surface area contributed by atoms with Gasteiger partial charge in [0.05, 0.1) is 17.9 Å². The molecule has 1 atom stereocenters. The van der Waals surface area contributed by atoms with Crippen LogP contribution in [0.5, 0.6) is 0 Å². The summed E-state index contributed by atoms with van der Waals surface area (Å²) in [7, 11) is 0. The third kappa shape index (κ3) is 2.69. The maximum atomic E-state index is 12.1. The minimum absolute atomic E-state index is 0.0560. The maximum absolute atomic E-state index is 12.1. The van der Waals surface area contributed by atoms with Crippen molar-refractivity contribution in [3.05, 3.63) is 29.8 Å². The molecule has 2 rings (SSSR count). The molecule has 0 bridgehead atoms. The number of benzene rings is 1. The molecule has 1 aromatic carbocycles. The summed E-state index contributed by atoms with van der Waals surface area (Å²) in [6.45, 7) is 3.60. The van der Waals surface area contributed by atoms with Gasteiger partial charge < -0.3 is 10.6 Å². The lowest BCUT2D eigenvalue weighted by molar-refractivity contribution is -0.123. The number of anilines is 1. The van der Waals surface area contributed by atoms with Crippen molar-refractivity contribution < 1.29 is 4.79 Å². The van der Waals surface area contributed by atoms with E-state index in [-0.39, 0.29) is 11.3 Å². The Bertz CT molecular complexity index is 467. The van der Waals surface area contributed by atoms with Crippen LogP contribution in [-0.4, -0.2) is 19.0 Å². The summed E-state index contributed by atoms with van der Waals surface area (Å²) < 4.78 is 0. The molecular weight excluding hydrogens is 226 g/mol. The van der Waals surface area contributed by atoms with Crippen LogP contribution in [0.3, 0.4) is 0 Å². The molecule has 1 saturated heterocycles. The normalized spacial score (nSPS) is 22.4. The van der Waals surface area contributed by atoms with E-state index in [1.807, 2.05) is 31.2 Å². The highest BCUT2D eigenvalue weighted by molar-refractivity contribution is 5.95. The third-order valence-electron chi connectivity index (χ3n) is 3.41. The first kappa shape index (κ1) is 12.6. The first-order chi connectivity index (χ1) is 8.64. The molecule has 0 aromatic heterocycles. The fourth-order valence-corrected chi connectivity index (χ4v) is 2.09. The number of amides is 1. The van der Waals surface area contributed by atoms with E-state index >= 15 is 0 Å². The molecule has 18 heavy (non-hydrogen) atoms. The number of nitrogens with zero attached hydrogens (tertiary/aromatic N) is 1. The molecule has 1 amide bonds. The van der Waals surface area contributed by atoms with E-state index < -0.39 is 0 Å². The maximum Gasteiger partial charge on any atom is 0.231 e. The Morgan fingerprint density at radius 1 is 1.50 bits per heavy atom. The zero-order chi connectivity index (χ0) is 13.0. The summed E-state index contributed by atoms with van der Waals surface area (Å²) >= 11 is 0. The summed E-state index contributed by atoms with van der Waals surface area (Å²) in [5, 5.41) is 14.7. The molecule has 0 aliphatic carbocycles. The zero-order valence-electron chi connectivity index (χ0n) is 10.5. The molecule has 1 heterocycles. The van der Waals surface area contributed by atoms with Crippen molar-refractivity contribution in [3.8, 4) is 6.07 Å². The fourth-order valence-electron chi connectivity index (χ4n) is 2.09. The second-order valence-electron chi connectivity index (χ2n) is 4.97. The van der Waals surface area contributed by atoms with Gasteiger partial charge in [-0.05, 0) is 37.6 Å². The van der Waals surface area contributed by atoms with Crippen LogP contribution in [0.15, 0.2) is 24.3 Å². The van der Waals surface area contributed by atoms with Gasteiger partial charge >= 0.3 is 0 Å². The van der Waals surface area contributed by atoms with Crippen molar-refractivity contribution in [2.45, 2.75) is 19.8 Å². The molecule has 0 radical (unpaired) electrons. The average molecular weight is 243 g/mol. The molecule has 4 nitrogen and oxygen atoms in total. The van der Waals surface area contributed by atoms with Crippen molar-refractivity contribution in [1.29, 1.82) is 5.26 Å². The molecular formula is C14H17N3O. The van der Waals surface area contributed by atoms with Crippen LogP contribution in [0, 0.1) is 16.7 Å². The van der Waals surface area contributed by atoms with E-state index in [1.165, 1.54) is 0 Å². The number of rotatable bonds is 3. The molecule has 94 valence electrons. The smallest absolute Gasteiger partial charge is 0.231 e. The monoisotopic (exact) mass is 243 g/mol. The van der Waals surface area contributed by atoms with Crippen LogP contribution in [0.2, 0.25) is 0 Å². The van der Waals surface area contributed by atoms with E-state index in [0.717, 1.165) is 30.8 Å². The number of hydrogen-bond donors (Lipinski definition) is 2. The Labute approximate surface area is 107 Å².